The first kappa shape index (κ1) is 18.5. The molecule has 2 aromatic carbocycles. The first-order valence-corrected chi connectivity index (χ1v) is 9.82. The third kappa shape index (κ3) is 4.34. The van der Waals surface area contributed by atoms with Crippen LogP contribution in [0, 0.1) is 0 Å². The minimum Gasteiger partial charge on any atom is -0.494 e. The van der Waals surface area contributed by atoms with Crippen molar-refractivity contribution in [3.63, 3.8) is 0 Å². The molecule has 0 aliphatic carbocycles. The van der Waals surface area contributed by atoms with Crippen LogP contribution in [0.25, 0.3) is 11.0 Å². The van der Waals surface area contributed by atoms with E-state index in [0.717, 1.165) is 48.4 Å². The van der Waals surface area contributed by atoms with E-state index in [0.29, 0.717) is 19.8 Å². The summed E-state index contributed by atoms with van der Waals surface area (Å²) in [7, 11) is 0. The SMILES string of the molecule is O=C(NCc1nc2ccccc2n1CCCOc1ccccc1)C1CCCO1. The molecule has 28 heavy (non-hydrogen) atoms. The highest BCUT2D eigenvalue weighted by Crippen LogP contribution is 2.18. The number of ether oxygens (including phenoxy) is 2. The van der Waals surface area contributed by atoms with E-state index in [4.69, 9.17) is 14.5 Å². The van der Waals surface area contributed by atoms with Gasteiger partial charge in [-0.3, -0.25) is 4.79 Å². The summed E-state index contributed by atoms with van der Waals surface area (Å²) in [6.07, 6.45) is 2.26. The van der Waals surface area contributed by atoms with Crippen molar-refractivity contribution in [1.29, 1.82) is 0 Å². The summed E-state index contributed by atoms with van der Waals surface area (Å²) in [5.41, 5.74) is 2.01. The van der Waals surface area contributed by atoms with E-state index in [1.165, 1.54) is 0 Å². The minimum atomic E-state index is -0.322. The summed E-state index contributed by atoms with van der Waals surface area (Å²) in [5.74, 6) is 1.68. The molecule has 6 nitrogen and oxygen atoms in total. The summed E-state index contributed by atoms with van der Waals surface area (Å²) < 4.78 is 13.4. The first-order chi connectivity index (χ1) is 13.8. The van der Waals surface area contributed by atoms with Crippen LogP contribution < -0.4 is 10.1 Å². The van der Waals surface area contributed by atoms with Crippen LogP contribution in [0.2, 0.25) is 0 Å². The van der Waals surface area contributed by atoms with Crippen LogP contribution in [0.3, 0.4) is 0 Å². The lowest BCUT2D eigenvalue weighted by atomic mass is 10.2. The number of amides is 1. The fraction of sp³-hybridized carbons (Fsp3) is 0.364. The third-order valence-corrected chi connectivity index (χ3v) is 4.91. The Hall–Kier alpha value is -2.86. The Balaban J connectivity index is 1.40. The van der Waals surface area contributed by atoms with Crippen molar-refractivity contribution in [3.8, 4) is 5.75 Å². The number of carbonyl (C=O) groups excluding carboxylic acids is 1. The maximum absolute atomic E-state index is 12.3. The second kappa shape index (κ2) is 8.89. The van der Waals surface area contributed by atoms with Gasteiger partial charge in [0.25, 0.3) is 0 Å². The van der Waals surface area contributed by atoms with Crippen LogP contribution in [0.5, 0.6) is 5.75 Å². The van der Waals surface area contributed by atoms with E-state index in [2.05, 4.69) is 16.0 Å². The van der Waals surface area contributed by atoms with Crippen molar-refractivity contribution >= 4 is 16.9 Å². The summed E-state index contributed by atoms with van der Waals surface area (Å²) in [5, 5.41) is 2.98. The highest BCUT2D eigenvalue weighted by molar-refractivity contribution is 5.81. The molecular weight excluding hydrogens is 354 g/mol. The maximum atomic E-state index is 12.3. The smallest absolute Gasteiger partial charge is 0.249 e. The highest BCUT2D eigenvalue weighted by Gasteiger charge is 2.23. The number of hydrogen-bond donors (Lipinski definition) is 1. The van der Waals surface area contributed by atoms with Crippen molar-refractivity contribution < 1.29 is 14.3 Å². The predicted molar refractivity (Wildman–Crippen MR) is 107 cm³/mol. The summed E-state index contributed by atoms with van der Waals surface area (Å²) in [6.45, 7) is 2.46. The van der Waals surface area contributed by atoms with E-state index < -0.39 is 0 Å². The Morgan fingerprint density at radius 3 is 2.82 bits per heavy atom. The summed E-state index contributed by atoms with van der Waals surface area (Å²) in [4.78, 5) is 17.0. The van der Waals surface area contributed by atoms with E-state index in [1.807, 2.05) is 48.5 Å². The third-order valence-electron chi connectivity index (χ3n) is 4.91. The number of aromatic nitrogens is 2. The van der Waals surface area contributed by atoms with Gasteiger partial charge >= 0.3 is 0 Å². The van der Waals surface area contributed by atoms with E-state index >= 15 is 0 Å². The standard InChI is InChI=1S/C22H25N3O3/c26-22(20-12-6-14-28-20)23-16-21-24-18-10-4-5-11-19(18)25(21)13-7-15-27-17-8-2-1-3-9-17/h1-5,8-11,20H,6-7,12-16H2,(H,23,26). The molecule has 1 amide bonds. The zero-order chi connectivity index (χ0) is 19.2. The van der Waals surface area contributed by atoms with Crippen LogP contribution in [0.1, 0.15) is 25.1 Å². The van der Waals surface area contributed by atoms with Gasteiger partial charge in [-0.2, -0.15) is 0 Å². The van der Waals surface area contributed by atoms with Gasteiger partial charge in [-0.1, -0.05) is 30.3 Å². The lowest BCUT2D eigenvalue weighted by Crippen LogP contribution is -2.34. The number of hydrogen-bond acceptors (Lipinski definition) is 4. The average molecular weight is 379 g/mol. The number of fused-ring (bicyclic) bond motifs is 1. The molecule has 1 N–H and O–H groups in total. The molecule has 2 heterocycles. The summed E-state index contributed by atoms with van der Waals surface area (Å²) >= 11 is 0. The number of carbonyl (C=O) groups is 1. The zero-order valence-electron chi connectivity index (χ0n) is 15.8. The number of nitrogens with one attached hydrogen (secondary N) is 1. The van der Waals surface area contributed by atoms with Gasteiger partial charge in [-0.15, -0.1) is 0 Å². The van der Waals surface area contributed by atoms with Crippen LogP contribution in [-0.2, 0) is 22.6 Å². The van der Waals surface area contributed by atoms with E-state index in [1.54, 1.807) is 0 Å². The molecule has 146 valence electrons. The molecular formula is C22H25N3O3. The van der Waals surface area contributed by atoms with E-state index in [9.17, 15) is 4.79 Å². The second-order valence-electron chi connectivity index (χ2n) is 6.90. The molecule has 4 rings (SSSR count). The Morgan fingerprint density at radius 2 is 2.00 bits per heavy atom. The average Bonchev–Trinajstić information content (AvgIpc) is 3.38. The number of aryl methyl sites for hydroxylation is 1. The van der Waals surface area contributed by atoms with Gasteiger partial charge in [0.15, 0.2) is 0 Å². The van der Waals surface area contributed by atoms with Crippen molar-refractivity contribution in [1.82, 2.24) is 14.9 Å². The van der Waals surface area contributed by atoms with E-state index in [-0.39, 0.29) is 12.0 Å². The lowest BCUT2D eigenvalue weighted by molar-refractivity contribution is -0.130. The molecule has 1 aliphatic rings. The largest absolute Gasteiger partial charge is 0.494 e. The quantitative estimate of drug-likeness (QED) is 0.610. The predicted octanol–water partition coefficient (Wildman–Crippen LogP) is 3.30. The van der Waals surface area contributed by atoms with Crippen LogP contribution in [0.4, 0.5) is 0 Å². The molecule has 1 aliphatic heterocycles. The Labute approximate surface area is 164 Å². The Morgan fingerprint density at radius 1 is 1.18 bits per heavy atom. The normalized spacial score (nSPS) is 16.4. The monoisotopic (exact) mass is 379 g/mol. The van der Waals surface area contributed by atoms with Gasteiger partial charge in [0.1, 0.15) is 17.7 Å². The fourth-order valence-electron chi connectivity index (χ4n) is 3.50. The van der Waals surface area contributed by atoms with Gasteiger partial charge < -0.3 is 19.4 Å². The number of para-hydroxylation sites is 3. The molecule has 1 fully saturated rings. The minimum absolute atomic E-state index is 0.0523. The van der Waals surface area contributed by atoms with Crippen molar-refractivity contribution in [2.24, 2.45) is 0 Å². The fourth-order valence-corrected chi connectivity index (χ4v) is 3.50. The topological polar surface area (TPSA) is 65.4 Å². The molecule has 3 aromatic rings. The maximum Gasteiger partial charge on any atom is 0.249 e. The number of imidazole rings is 1. The van der Waals surface area contributed by atoms with Crippen molar-refractivity contribution in [2.45, 2.75) is 38.5 Å². The molecule has 6 heteroatoms. The molecule has 0 bridgehead atoms. The van der Waals surface area contributed by atoms with Crippen LogP contribution in [0.15, 0.2) is 54.6 Å². The molecule has 0 radical (unpaired) electrons. The van der Waals surface area contributed by atoms with Crippen LogP contribution in [-0.4, -0.2) is 34.8 Å². The first-order valence-electron chi connectivity index (χ1n) is 9.82. The molecule has 0 saturated carbocycles. The molecule has 1 atom stereocenters. The Bertz CT molecular complexity index is 917. The zero-order valence-corrected chi connectivity index (χ0v) is 15.8. The molecule has 1 unspecified atom stereocenters. The number of nitrogens with zero attached hydrogens (tertiary/aromatic N) is 2. The molecule has 1 aromatic heterocycles. The van der Waals surface area contributed by atoms with Gasteiger partial charge in [-0.05, 0) is 43.5 Å². The van der Waals surface area contributed by atoms with Crippen molar-refractivity contribution in [2.75, 3.05) is 13.2 Å². The summed E-state index contributed by atoms with van der Waals surface area (Å²) in [6, 6.07) is 17.9. The number of benzene rings is 2. The van der Waals surface area contributed by atoms with Gasteiger partial charge in [0, 0.05) is 13.2 Å². The Kier molecular flexibility index (Phi) is 5.87. The lowest BCUT2D eigenvalue weighted by Gasteiger charge is -2.13. The van der Waals surface area contributed by atoms with Crippen molar-refractivity contribution in [3.05, 3.63) is 60.4 Å². The van der Waals surface area contributed by atoms with Gasteiger partial charge in [0.2, 0.25) is 5.91 Å². The molecule has 0 spiro atoms. The molecule has 1 saturated heterocycles. The highest BCUT2D eigenvalue weighted by atomic mass is 16.5. The number of rotatable bonds is 8. The second-order valence-corrected chi connectivity index (χ2v) is 6.90. The van der Waals surface area contributed by atoms with Gasteiger partial charge in [0.05, 0.1) is 24.2 Å². The van der Waals surface area contributed by atoms with Crippen LogP contribution >= 0.6 is 0 Å². The van der Waals surface area contributed by atoms with Gasteiger partial charge in [-0.25, -0.2) is 4.98 Å².